The van der Waals surface area contributed by atoms with Crippen molar-refractivity contribution in [1.29, 1.82) is 0 Å². The van der Waals surface area contributed by atoms with Crippen molar-refractivity contribution >= 4 is 40.5 Å². The molecule has 1 aliphatic heterocycles. The molecule has 198 valence electrons. The van der Waals surface area contributed by atoms with Crippen LogP contribution in [0.3, 0.4) is 0 Å². The number of alkyl halides is 3. The van der Waals surface area contributed by atoms with E-state index in [1.165, 1.54) is 18.2 Å². The van der Waals surface area contributed by atoms with Crippen LogP contribution in [0.15, 0.2) is 48.5 Å². The first kappa shape index (κ1) is 31.3. The van der Waals surface area contributed by atoms with Gasteiger partial charge in [-0.25, -0.2) is 5.01 Å². The Morgan fingerprint density at radius 1 is 1.11 bits per heavy atom. The van der Waals surface area contributed by atoms with Crippen LogP contribution in [0.5, 0.6) is 5.75 Å². The summed E-state index contributed by atoms with van der Waals surface area (Å²) in [5.41, 5.74) is -4.52. The Hall–Kier alpha value is -1.72. The zero-order chi connectivity index (χ0) is 24.4. The maximum atomic E-state index is 13.2. The van der Waals surface area contributed by atoms with Gasteiger partial charge >= 0.3 is 15.5 Å². The Balaban J connectivity index is 0.00000306. The average molecular weight is 558 g/mol. The number of ether oxygens (including phenoxy) is 1. The molecule has 0 amide bonds. The van der Waals surface area contributed by atoms with Crippen LogP contribution in [-0.4, -0.2) is 38.6 Å². The number of sulfonamides is 1. The van der Waals surface area contributed by atoms with Crippen molar-refractivity contribution in [2.24, 2.45) is 5.84 Å². The molecule has 0 spiro atoms. The van der Waals surface area contributed by atoms with Crippen molar-refractivity contribution in [3.8, 4) is 5.75 Å². The third-order valence-corrected chi connectivity index (χ3v) is 7.52. The van der Waals surface area contributed by atoms with E-state index in [-0.39, 0.29) is 40.9 Å². The first-order chi connectivity index (χ1) is 15.4. The highest BCUT2D eigenvalue weighted by molar-refractivity contribution is 7.93. The number of rotatable bonds is 7. The van der Waals surface area contributed by atoms with Crippen LogP contribution in [0.25, 0.3) is 0 Å². The molecular weight excluding hydrogens is 526 g/mol. The van der Waals surface area contributed by atoms with Crippen LogP contribution in [0, 0.1) is 0 Å². The first-order valence-corrected chi connectivity index (χ1v) is 12.2. The molecule has 0 bridgehead atoms. The molecule has 1 atom stereocenters. The van der Waals surface area contributed by atoms with Gasteiger partial charge in [-0.15, -0.1) is 24.8 Å². The van der Waals surface area contributed by atoms with Crippen LogP contribution in [-0.2, 0) is 22.0 Å². The predicted molar refractivity (Wildman–Crippen MR) is 137 cm³/mol. The highest BCUT2D eigenvalue weighted by Crippen LogP contribution is 2.42. The van der Waals surface area contributed by atoms with Gasteiger partial charge in [-0.3, -0.25) is 10.1 Å². The topological polar surface area (TPSA) is 75.9 Å². The van der Waals surface area contributed by atoms with E-state index < -0.39 is 21.1 Å². The Labute approximate surface area is 217 Å². The van der Waals surface area contributed by atoms with Gasteiger partial charge in [-0.2, -0.15) is 21.6 Å². The van der Waals surface area contributed by atoms with Crippen LogP contribution >= 0.6 is 24.8 Å². The molecule has 35 heavy (non-hydrogen) atoms. The van der Waals surface area contributed by atoms with Gasteiger partial charge in [0.2, 0.25) is 0 Å². The zero-order valence-corrected chi connectivity index (χ0v) is 22.2. The van der Waals surface area contributed by atoms with Crippen LogP contribution in [0.4, 0.5) is 18.9 Å². The van der Waals surface area contributed by atoms with E-state index in [9.17, 15) is 21.6 Å². The normalized spacial score (nSPS) is 19.0. The van der Waals surface area contributed by atoms with Gasteiger partial charge in [0.15, 0.2) is 0 Å². The van der Waals surface area contributed by atoms with E-state index in [1.807, 2.05) is 44.2 Å². The third kappa shape index (κ3) is 6.54. The second kappa shape index (κ2) is 12.0. The number of hydrazine groups is 1. The molecule has 1 fully saturated rings. The summed E-state index contributed by atoms with van der Waals surface area (Å²) in [7, 11) is -4.64. The minimum atomic E-state index is -5.54. The minimum absolute atomic E-state index is 0. The smallest absolute Gasteiger partial charge is 0.491 e. The SMILES string of the molecule is CC(C)Oc1ccc(N(C)S(=O)(=O)C(F)(F)F)cc1CC1(c2ccccc2)CCCCN1N.Cl.Cl. The van der Waals surface area contributed by atoms with Crippen molar-refractivity contribution < 1.29 is 26.3 Å². The lowest BCUT2D eigenvalue weighted by Crippen LogP contribution is -2.54. The van der Waals surface area contributed by atoms with Crippen LogP contribution in [0.2, 0.25) is 0 Å². The van der Waals surface area contributed by atoms with Crippen molar-refractivity contribution in [2.75, 3.05) is 17.9 Å². The molecule has 2 aromatic carbocycles. The van der Waals surface area contributed by atoms with E-state index >= 15 is 0 Å². The number of hydrogen-bond donors (Lipinski definition) is 1. The zero-order valence-electron chi connectivity index (χ0n) is 19.8. The summed E-state index contributed by atoms with van der Waals surface area (Å²) >= 11 is 0. The molecule has 1 heterocycles. The van der Waals surface area contributed by atoms with Gasteiger partial charge in [0.05, 0.1) is 17.3 Å². The van der Waals surface area contributed by atoms with Gasteiger partial charge < -0.3 is 4.74 Å². The average Bonchev–Trinajstić information content (AvgIpc) is 2.75. The molecule has 0 aliphatic carbocycles. The lowest BCUT2D eigenvalue weighted by Gasteiger charge is -2.45. The lowest BCUT2D eigenvalue weighted by molar-refractivity contribution is -0.0437. The second-order valence-electron chi connectivity index (χ2n) is 8.60. The number of nitrogens with two attached hydrogens (primary N) is 1. The number of anilines is 1. The molecule has 2 N–H and O–H groups in total. The van der Waals surface area contributed by atoms with Gasteiger partial charge in [-0.1, -0.05) is 30.3 Å². The van der Waals surface area contributed by atoms with Gasteiger partial charge in [0.1, 0.15) is 5.75 Å². The summed E-state index contributed by atoms with van der Waals surface area (Å²) in [6, 6.07) is 14.0. The molecule has 0 saturated carbocycles. The molecule has 1 aliphatic rings. The number of benzene rings is 2. The fourth-order valence-corrected chi connectivity index (χ4v) is 4.99. The number of hydrogen-bond acceptors (Lipinski definition) is 5. The molecule has 0 radical (unpaired) electrons. The predicted octanol–water partition coefficient (Wildman–Crippen LogP) is 5.40. The van der Waals surface area contributed by atoms with E-state index in [4.69, 9.17) is 10.6 Å². The molecule has 0 aromatic heterocycles. The summed E-state index contributed by atoms with van der Waals surface area (Å²) in [4.78, 5) is 0. The summed E-state index contributed by atoms with van der Waals surface area (Å²) in [6.45, 7) is 4.36. The van der Waals surface area contributed by atoms with Gasteiger partial charge in [0, 0.05) is 13.6 Å². The van der Waals surface area contributed by atoms with Gasteiger partial charge in [-0.05, 0) is 68.9 Å². The molecule has 12 heteroatoms. The Kier molecular flexibility index (Phi) is 10.7. The Bertz CT molecular complexity index is 1070. The molecule has 3 rings (SSSR count). The first-order valence-electron chi connectivity index (χ1n) is 10.8. The van der Waals surface area contributed by atoms with E-state index in [2.05, 4.69) is 0 Å². The fourth-order valence-electron chi connectivity index (χ4n) is 4.29. The summed E-state index contributed by atoms with van der Waals surface area (Å²) in [5, 5.41) is 1.79. The van der Waals surface area contributed by atoms with Crippen molar-refractivity contribution in [2.45, 2.75) is 56.7 Å². The molecule has 6 nitrogen and oxygen atoms in total. The number of piperidine rings is 1. The maximum absolute atomic E-state index is 13.2. The number of nitrogens with zero attached hydrogens (tertiary/aromatic N) is 2. The molecule has 2 aromatic rings. The molecule has 1 saturated heterocycles. The Morgan fingerprint density at radius 2 is 1.74 bits per heavy atom. The summed E-state index contributed by atoms with van der Waals surface area (Å²) in [5.74, 6) is 6.99. The fraction of sp³-hybridized carbons (Fsp3) is 0.478. The van der Waals surface area contributed by atoms with Crippen LogP contribution in [0.1, 0.15) is 44.2 Å². The number of halogens is 5. The maximum Gasteiger partial charge on any atom is 0.516 e. The lowest BCUT2D eigenvalue weighted by atomic mass is 9.77. The largest absolute Gasteiger partial charge is 0.516 e. The minimum Gasteiger partial charge on any atom is -0.491 e. The quantitative estimate of drug-likeness (QED) is 0.461. The van der Waals surface area contributed by atoms with E-state index in [0.29, 0.717) is 24.3 Å². The van der Waals surface area contributed by atoms with Crippen molar-refractivity contribution in [3.05, 3.63) is 59.7 Å². The highest BCUT2D eigenvalue weighted by Gasteiger charge is 2.49. The third-order valence-electron chi connectivity index (χ3n) is 6.01. The second-order valence-corrected chi connectivity index (χ2v) is 10.6. The monoisotopic (exact) mass is 557 g/mol. The van der Waals surface area contributed by atoms with E-state index in [0.717, 1.165) is 31.9 Å². The standard InChI is InChI=1S/C23H30F3N3O3S.2ClH/c1-17(2)32-21-12-11-20(28(3)33(30,31)23(24,25)26)15-18(21)16-22(13-7-8-14-29(22)27)19-9-5-4-6-10-19;;/h4-6,9-12,15,17H,7-8,13-14,16,27H2,1-3H3;2*1H. The van der Waals surface area contributed by atoms with Gasteiger partial charge in [0.25, 0.3) is 0 Å². The van der Waals surface area contributed by atoms with Crippen molar-refractivity contribution in [1.82, 2.24) is 5.01 Å². The van der Waals surface area contributed by atoms with Crippen molar-refractivity contribution in [3.63, 3.8) is 0 Å². The van der Waals surface area contributed by atoms with E-state index in [1.54, 1.807) is 5.01 Å². The summed E-state index contributed by atoms with van der Waals surface area (Å²) < 4.78 is 69.6. The Morgan fingerprint density at radius 3 is 2.29 bits per heavy atom. The molecule has 1 unspecified atom stereocenters. The highest BCUT2D eigenvalue weighted by atomic mass is 35.5. The molecular formula is C23H32Cl2F3N3O3S. The van der Waals surface area contributed by atoms with Crippen LogP contribution < -0.4 is 14.9 Å². The summed E-state index contributed by atoms with van der Waals surface area (Å²) in [6.07, 6.45) is 2.79.